The molecule has 2 aliphatic rings. The molecule has 0 amide bonds. The second kappa shape index (κ2) is 8.93. The minimum Gasteiger partial charge on any atom is -0.496 e. The molecule has 0 bridgehead atoms. The lowest BCUT2D eigenvalue weighted by Crippen LogP contribution is -2.28. The van der Waals surface area contributed by atoms with Crippen molar-refractivity contribution >= 4 is 5.97 Å². The van der Waals surface area contributed by atoms with Gasteiger partial charge in [-0.05, 0) is 31.2 Å². The molecule has 0 aliphatic carbocycles. The van der Waals surface area contributed by atoms with Crippen LogP contribution in [0.3, 0.4) is 0 Å². The maximum Gasteiger partial charge on any atom is 0.490 e. The lowest BCUT2D eigenvalue weighted by molar-refractivity contribution is -0.192. The molecule has 1 fully saturated rings. The average molecular weight is 463 g/mol. The van der Waals surface area contributed by atoms with Gasteiger partial charge < -0.3 is 18.8 Å². The minimum absolute atomic E-state index is 0.310. The van der Waals surface area contributed by atoms with Crippen molar-refractivity contribution in [3.05, 3.63) is 60.4 Å². The summed E-state index contributed by atoms with van der Waals surface area (Å²) in [5.74, 6) is -0.646. The highest BCUT2D eigenvalue weighted by Gasteiger charge is 2.44. The van der Waals surface area contributed by atoms with E-state index in [0.29, 0.717) is 5.41 Å². The molecule has 1 N–H and O–H groups in total. The summed E-state index contributed by atoms with van der Waals surface area (Å²) in [6, 6.07) is 10.3. The van der Waals surface area contributed by atoms with Gasteiger partial charge in [0.15, 0.2) is 0 Å². The fourth-order valence-corrected chi connectivity index (χ4v) is 4.61. The first-order chi connectivity index (χ1) is 15.7. The first-order valence-corrected chi connectivity index (χ1v) is 10.4. The lowest BCUT2D eigenvalue weighted by Gasteiger charge is -2.23. The quantitative estimate of drug-likeness (QED) is 0.624. The number of carboxylic acid groups (broad SMARTS) is 1. The highest BCUT2D eigenvalue weighted by molar-refractivity contribution is 5.73. The topological polar surface area (TPSA) is 80.7 Å². The fourth-order valence-electron chi connectivity index (χ4n) is 4.61. The van der Waals surface area contributed by atoms with Crippen LogP contribution in [0.15, 0.2) is 53.5 Å². The third-order valence-corrected chi connectivity index (χ3v) is 6.09. The lowest BCUT2D eigenvalue weighted by atomic mass is 9.86. The number of fused-ring (bicyclic) bond motifs is 1. The number of carbonyl (C=O) groups is 1. The van der Waals surface area contributed by atoms with Gasteiger partial charge in [0.1, 0.15) is 11.6 Å². The Balaban J connectivity index is 0.000000325. The summed E-state index contributed by atoms with van der Waals surface area (Å²) in [4.78, 5) is 16.2. The van der Waals surface area contributed by atoms with Gasteiger partial charge in [0, 0.05) is 42.6 Å². The molecule has 1 atom stereocenters. The zero-order valence-corrected chi connectivity index (χ0v) is 18.0. The van der Waals surface area contributed by atoms with Crippen LogP contribution >= 0.6 is 0 Å². The van der Waals surface area contributed by atoms with Gasteiger partial charge in [0.05, 0.1) is 31.5 Å². The first-order valence-electron chi connectivity index (χ1n) is 10.4. The molecule has 1 spiro atoms. The van der Waals surface area contributed by atoms with Crippen molar-refractivity contribution in [1.82, 2.24) is 14.5 Å². The summed E-state index contributed by atoms with van der Waals surface area (Å²) in [5.41, 5.74) is 3.86. The molecule has 5 rings (SSSR count). The van der Waals surface area contributed by atoms with Crippen LogP contribution in [-0.2, 0) is 24.3 Å². The fraction of sp³-hybridized carbons (Fsp3) is 0.391. The standard InChI is InChI=1S/C21H23N3O2.C2HF3O2/c1-25-19-5-3-2-4-17(19)18-11-22-20-10-21(15-24(18)20)7-8-23(14-21)12-16-6-9-26-13-16;3-2(4,5)1(6)7/h2-6,9,11,13H,7-8,10,12,14-15H2,1H3;(H,6,7). The number of imidazole rings is 1. The summed E-state index contributed by atoms with van der Waals surface area (Å²) in [6.45, 7) is 4.27. The predicted octanol–water partition coefficient (Wildman–Crippen LogP) is 4.23. The number of halogens is 3. The van der Waals surface area contributed by atoms with Crippen LogP contribution in [0.5, 0.6) is 5.75 Å². The van der Waals surface area contributed by atoms with Crippen molar-refractivity contribution < 1.29 is 32.2 Å². The number of alkyl halides is 3. The van der Waals surface area contributed by atoms with Crippen molar-refractivity contribution in [2.45, 2.75) is 32.1 Å². The van der Waals surface area contributed by atoms with Gasteiger partial charge in [-0.2, -0.15) is 13.2 Å². The second-order valence-corrected chi connectivity index (χ2v) is 8.42. The van der Waals surface area contributed by atoms with Gasteiger partial charge in [0.2, 0.25) is 0 Å². The molecule has 2 aromatic heterocycles. The van der Waals surface area contributed by atoms with Crippen molar-refractivity contribution in [2.75, 3.05) is 20.2 Å². The van der Waals surface area contributed by atoms with Crippen molar-refractivity contribution in [1.29, 1.82) is 0 Å². The Labute approximate surface area is 188 Å². The Morgan fingerprint density at radius 3 is 2.70 bits per heavy atom. The number of nitrogens with zero attached hydrogens (tertiary/aromatic N) is 3. The summed E-state index contributed by atoms with van der Waals surface area (Å²) in [6.07, 6.45) is 2.80. The van der Waals surface area contributed by atoms with E-state index in [4.69, 9.17) is 24.0 Å². The molecule has 1 saturated heterocycles. The van der Waals surface area contributed by atoms with Crippen LogP contribution in [-0.4, -0.2) is 51.9 Å². The molecule has 0 saturated carbocycles. The van der Waals surface area contributed by atoms with Crippen LogP contribution < -0.4 is 4.74 Å². The molecular weight excluding hydrogens is 439 g/mol. The van der Waals surface area contributed by atoms with Crippen LogP contribution in [0, 0.1) is 5.41 Å². The molecule has 1 aromatic carbocycles. The molecule has 176 valence electrons. The highest BCUT2D eigenvalue weighted by atomic mass is 19.4. The Morgan fingerprint density at radius 1 is 1.27 bits per heavy atom. The van der Waals surface area contributed by atoms with Crippen LogP contribution in [0.25, 0.3) is 11.3 Å². The summed E-state index contributed by atoms with van der Waals surface area (Å²) in [7, 11) is 1.73. The molecule has 33 heavy (non-hydrogen) atoms. The number of benzene rings is 1. The average Bonchev–Trinajstić information content (AvgIpc) is 3.55. The first kappa shape index (κ1) is 22.9. The van der Waals surface area contributed by atoms with Crippen LogP contribution in [0.2, 0.25) is 0 Å². The number of aromatic nitrogens is 2. The number of hydrogen-bond acceptors (Lipinski definition) is 5. The normalized spacial score (nSPS) is 19.9. The Hall–Kier alpha value is -3.27. The van der Waals surface area contributed by atoms with Crippen LogP contribution in [0.4, 0.5) is 13.2 Å². The zero-order valence-electron chi connectivity index (χ0n) is 18.0. The zero-order chi connectivity index (χ0) is 23.6. The number of likely N-dealkylation sites (tertiary alicyclic amines) is 1. The smallest absolute Gasteiger partial charge is 0.490 e. The summed E-state index contributed by atoms with van der Waals surface area (Å²) in [5, 5.41) is 7.12. The Kier molecular flexibility index (Phi) is 6.20. The maximum atomic E-state index is 10.6. The van der Waals surface area contributed by atoms with Gasteiger partial charge >= 0.3 is 12.1 Å². The van der Waals surface area contributed by atoms with E-state index in [9.17, 15) is 13.2 Å². The van der Waals surface area contributed by atoms with E-state index in [1.165, 1.54) is 23.5 Å². The SMILES string of the molecule is COc1ccccc1-c1cnc2n1CC1(CCN(Cc3ccoc3)C1)C2.O=C(O)C(F)(F)F. The van der Waals surface area contributed by atoms with E-state index in [1.54, 1.807) is 13.4 Å². The monoisotopic (exact) mass is 463 g/mol. The highest BCUT2D eigenvalue weighted by Crippen LogP contribution is 2.43. The van der Waals surface area contributed by atoms with Gasteiger partial charge in [-0.1, -0.05) is 12.1 Å². The third kappa shape index (κ3) is 4.90. The van der Waals surface area contributed by atoms with Gasteiger partial charge in [-0.25, -0.2) is 9.78 Å². The molecule has 2 aliphatic heterocycles. The van der Waals surface area contributed by atoms with Crippen molar-refractivity contribution in [3.8, 4) is 17.0 Å². The number of hydrogen-bond donors (Lipinski definition) is 1. The van der Waals surface area contributed by atoms with E-state index in [0.717, 1.165) is 43.9 Å². The molecule has 0 radical (unpaired) electrons. The number of para-hydroxylation sites is 1. The maximum absolute atomic E-state index is 10.6. The van der Waals surface area contributed by atoms with Crippen LogP contribution in [0.1, 0.15) is 17.8 Å². The Bertz CT molecular complexity index is 1110. The third-order valence-electron chi connectivity index (χ3n) is 6.09. The van der Waals surface area contributed by atoms with Gasteiger partial charge in [0.25, 0.3) is 0 Å². The minimum atomic E-state index is -5.08. The Morgan fingerprint density at radius 2 is 2.03 bits per heavy atom. The molecule has 7 nitrogen and oxygen atoms in total. The summed E-state index contributed by atoms with van der Waals surface area (Å²) < 4.78 is 44.9. The number of ether oxygens (including phenoxy) is 1. The molecule has 1 unspecified atom stereocenters. The number of rotatable bonds is 4. The molecule has 10 heteroatoms. The van der Waals surface area contributed by atoms with Crippen molar-refractivity contribution in [3.63, 3.8) is 0 Å². The summed E-state index contributed by atoms with van der Waals surface area (Å²) >= 11 is 0. The van der Waals surface area contributed by atoms with E-state index < -0.39 is 12.1 Å². The molecular formula is C23H24F3N3O4. The predicted molar refractivity (Wildman–Crippen MR) is 113 cm³/mol. The number of aliphatic carboxylic acids is 1. The van der Waals surface area contributed by atoms with E-state index >= 15 is 0 Å². The molecule has 3 aromatic rings. The van der Waals surface area contributed by atoms with E-state index in [1.807, 2.05) is 24.6 Å². The number of methoxy groups -OCH3 is 1. The largest absolute Gasteiger partial charge is 0.496 e. The van der Waals surface area contributed by atoms with Gasteiger partial charge in [-0.3, -0.25) is 4.90 Å². The molecule has 4 heterocycles. The van der Waals surface area contributed by atoms with Gasteiger partial charge in [-0.15, -0.1) is 0 Å². The number of furan rings is 1. The second-order valence-electron chi connectivity index (χ2n) is 8.42. The number of carboxylic acids is 1. The van der Waals surface area contributed by atoms with E-state index in [-0.39, 0.29) is 0 Å². The van der Waals surface area contributed by atoms with Crippen molar-refractivity contribution in [2.24, 2.45) is 5.41 Å². The van der Waals surface area contributed by atoms with E-state index in [2.05, 4.69) is 27.7 Å².